The molecule has 1 saturated heterocycles. The molecule has 25 heavy (non-hydrogen) atoms. The number of sulfonamides is 2. The number of nitrogens with zero attached hydrogens (tertiary/aromatic N) is 1. The fourth-order valence-corrected chi connectivity index (χ4v) is 4.68. The SMILES string of the molecule is CC1CNCCN1S(=O)(=O)c1ccc(NS(=O)(=O)C(C)C)c(F)c1.Cl. The normalized spacial score (nSPS) is 19.5. The van der Waals surface area contributed by atoms with Crippen LogP contribution < -0.4 is 10.0 Å². The Morgan fingerprint density at radius 2 is 1.92 bits per heavy atom. The first kappa shape index (κ1) is 22.1. The molecule has 1 aliphatic heterocycles. The Morgan fingerprint density at radius 1 is 1.28 bits per heavy atom. The molecule has 11 heteroatoms. The van der Waals surface area contributed by atoms with Crippen LogP contribution in [0.2, 0.25) is 0 Å². The van der Waals surface area contributed by atoms with E-state index >= 15 is 0 Å². The molecule has 1 aliphatic rings. The molecular formula is C14H23ClFN3O4S2. The highest BCUT2D eigenvalue weighted by Gasteiger charge is 2.31. The molecule has 1 atom stereocenters. The van der Waals surface area contributed by atoms with Crippen molar-refractivity contribution in [2.75, 3.05) is 24.4 Å². The minimum absolute atomic E-state index is 0. The molecule has 7 nitrogen and oxygen atoms in total. The minimum Gasteiger partial charge on any atom is -0.314 e. The maximum absolute atomic E-state index is 14.2. The summed E-state index contributed by atoms with van der Waals surface area (Å²) in [5.74, 6) is -0.928. The first-order valence-corrected chi connectivity index (χ1v) is 10.6. The number of piperazine rings is 1. The van der Waals surface area contributed by atoms with Gasteiger partial charge in [-0.2, -0.15) is 4.31 Å². The van der Waals surface area contributed by atoms with Gasteiger partial charge in [-0.3, -0.25) is 4.72 Å². The standard InChI is InChI=1S/C14H22FN3O4S2.ClH/c1-10(2)23(19,20)17-14-5-4-12(8-13(14)15)24(21,22)18-7-6-16-9-11(18)3;/h4-5,8,10-11,16-17H,6-7,9H2,1-3H3;1H. The van der Waals surface area contributed by atoms with E-state index in [1.807, 2.05) is 0 Å². The molecular weight excluding hydrogens is 393 g/mol. The Morgan fingerprint density at radius 3 is 2.44 bits per heavy atom. The largest absolute Gasteiger partial charge is 0.314 e. The van der Waals surface area contributed by atoms with Crippen LogP contribution in [0.1, 0.15) is 20.8 Å². The predicted molar refractivity (Wildman–Crippen MR) is 97.6 cm³/mol. The average molecular weight is 416 g/mol. The molecule has 144 valence electrons. The summed E-state index contributed by atoms with van der Waals surface area (Å²) in [4.78, 5) is -0.193. The maximum Gasteiger partial charge on any atom is 0.243 e. The quantitative estimate of drug-likeness (QED) is 0.757. The van der Waals surface area contributed by atoms with E-state index in [1.165, 1.54) is 24.2 Å². The van der Waals surface area contributed by atoms with Gasteiger partial charge in [-0.25, -0.2) is 21.2 Å². The van der Waals surface area contributed by atoms with Gasteiger partial charge < -0.3 is 5.32 Å². The van der Waals surface area contributed by atoms with Gasteiger partial charge in [-0.05, 0) is 39.0 Å². The molecule has 2 rings (SSSR count). The van der Waals surface area contributed by atoms with Gasteiger partial charge in [-0.15, -0.1) is 12.4 Å². The lowest BCUT2D eigenvalue weighted by Gasteiger charge is -2.32. The maximum atomic E-state index is 14.2. The fraction of sp³-hybridized carbons (Fsp3) is 0.571. The lowest BCUT2D eigenvalue weighted by Crippen LogP contribution is -2.52. The van der Waals surface area contributed by atoms with Gasteiger partial charge in [0.05, 0.1) is 15.8 Å². The molecule has 1 aromatic rings. The fourth-order valence-electron chi connectivity index (χ4n) is 2.33. The molecule has 1 heterocycles. The summed E-state index contributed by atoms with van der Waals surface area (Å²) in [5.41, 5.74) is -0.268. The van der Waals surface area contributed by atoms with Crippen molar-refractivity contribution >= 4 is 38.1 Å². The molecule has 1 unspecified atom stereocenters. The summed E-state index contributed by atoms with van der Waals surface area (Å²) in [5, 5.41) is 2.35. The Hall–Kier alpha value is -0.940. The number of hydrogen-bond acceptors (Lipinski definition) is 5. The summed E-state index contributed by atoms with van der Waals surface area (Å²) in [6, 6.07) is 2.95. The zero-order chi connectivity index (χ0) is 18.1. The monoisotopic (exact) mass is 415 g/mol. The van der Waals surface area contributed by atoms with E-state index in [0.29, 0.717) is 19.6 Å². The topological polar surface area (TPSA) is 95.6 Å². The molecule has 0 radical (unpaired) electrons. The third-order valence-corrected chi connectivity index (χ3v) is 7.62. The van der Waals surface area contributed by atoms with Gasteiger partial charge in [0.15, 0.2) is 0 Å². The lowest BCUT2D eigenvalue weighted by atomic mass is 10.3. The van der Waals surface area contributed by atoms with E-state index < -0.39 is 31.1 Å². The number of rotatable bonds is 5. The third-order valence-electron chi connectivity index (χ3n) is 3.86. The summed E-state index contributed by atoms with van der Waals surface area (Å²) >= 11 is 0. The van der Waals surface area contributed by atoms with Gasteiger partial charge in [0.25, 0.3) is 0 Å². The van der Waals surface area contributed by atoms with Gasteiger partial charge >= 0.3 is 0 Å². The molecule has 0 saturated carbocycles. The van der Waals surface area contributed by atoms with Gasteiger partial charge in [0, 0.05) is 25.7 Å². The zero-order valence-electron chi connectivity index (χ0n) is 14.2. The third kappa shape index (κ3) is 4.82. The second-order valence-electron chi connectivity index (χ2n) is 6.01. The van der Waals surface area contributed by atoms with Crippen LogP contribution in [0.5, 0.6) is 0 Å². The molecule has 1 aromatic carbocycles. The van der Waals surface area contributed by atoms with E-state index in [0.717, 1.165) is 12.1 Å². The van der Waals surface area contributed by atoms with Crippen LogP contribution in [0.15, 0.2) is 23.1 Å². The Kier molecular flexibility index (Phi) is 7.22. The van der Waals surface area contributed by atoms with E-state index in [1.54, 1.807) is 6.92 Å². The van der Waals surface area contributed by atoms with Crippen LogP contribution in [-0.4, -0.2) is 52.1 Å². The molecule has 0 aromatic heterocycles. The predicted octanol–water partition coefficient (Wildman–Crippen LogP) is 1.38. The molecule has 0 amide bonds. The first-order chi connectivity index (χ1) is 11.1. The summed E-state index contributed by atoms with van der Waals surface area (Å²) < 4.78 is 66.6. The molecule has 0 aliphatic carbocycles. The van der Waals surface area contributed by atoms with Crippen molar-refractivity contribution in [3.05, 3.63) is 24.0 Å². The smallest absolute Gasteiger partial charge is 0.243 e. The van der Waals surface area contributed by atoms with Crippen LogP contribution in [0.25, 0.3) is 0 Å². The number of anilines is 1. The molecule has 0 spiro atoms. The van der Waals surface area contributed by atoms with Crippen LogP contribution in [0.4, 0.5) is 10.1 Å². The Balaban J connectivity index is 0.00000312. The highest BCUT2D eigenvalue weighted by Crippen LogP contribution is 2.24. The van der Waals surface area contributed by atoms with Gasteiger partial charge in [-0.1, -0.05) is 0 Å². The summed E-state index contributed by atoms with van der Waals surface area (Å²) in [6.45, 7) is 6.04. The van der Waals surface area contributed by atoms with Crippen LogP contribution in [0, 0.1) is 5.82 Å². The van der Waals surface area contributed by atoms with Crippen LogP contribution >= 0.6 is 12.4 Å². The number of benzene rings is 1. The van der Waals surface area contributed by atoms with Crippen LogP contribution in [-0.2, 0) is 20.0 Å². The molecule has 1 fully saturated rings. The van der Waals surface area contributed by atoms with Crippen LogP contribution in [0.3, 0.4) is 0 Å². The van der Waals surface area contributed by atoms with Crippen molar-refractivity contribution < 1.29 is 21.2 Å². The highest BCUT2D eigenvalue weighted by atomic mass is 35.5. The van der Waals surface area contributed by atoms with Gasteiger partial charge in [0.2, 0.25) is 20.0 Å². The Labute approximate surface area is 154 Å². The number of halogens is 2. The van der Waals surface area contributed by atoms with E-state index in [9.17, 15) is 21.2 Å². The summed E-state index contributed by atoms with van der Waals surface area (Å²) in [7, 11) is -7.54. The van der Waals surface area contributed by atoms with Crippen molar-refractivity contribution in [1.29, 1.82) is 0 Å². The lowest BCUT2D eigenvalue weighted by molar-refractivity contribution is 0.284. The van der Waals surface area contributed by atoms with Crippen molar-refractivity contribution in [2.24, 2.45) is 0 Å². The Bertz CT molecular complexity index is 815. The summed E-state index contributed by atoms with van der Waals surface area (Å²) in [6.07, 6.45) is 0. The first-order valence-electron chi connectivity index (χ1n) is 7.59. The molecule has 0 bridgehead atoms. The van der Waals surface area contributed by atoms with E-state index in [4.69, 9.17) is 0 Å². The van der Waals surface area contributed by atoms with Crippen molar-refractivity contribution in [2.45, 2.75) is 37.0 Å². The second kappa shape index (κ2) is 8.17. The van der Waals surface area contributed by atoms with Gasteiger partial charge in [0.1, 0.15) is 5.82 Å². The zero-order valence-corrected chi connectivity index (χ0v) is 16.6. The number of hydrogen-bond donors (Lipinski definition) is 2. The minimum atomic E-state index is -3.83. The second-order valence-corrected chi connectivity index (χ2v) is 10.1. The number of nitrogens with one attached hydrogen (secondary N) is 2. The van der Waals surface area contributed by atoms with Crippen molar-refractivity contribution in [3.63, 3.8) is 0 Å². The van der Waals surface area contributed by atoms with Crippen molar-refractivity contribution in [3.8, 4) is 0 Å². The van der Waals surface area contributed by atoms with Crippen molar-refractivity contribution in [1.82, 2.24) is 9.62 Å². The van der Waals surface area contributed by atoms with E-state index in [-0.39, 0.29) is 29.0 Å². The highest BCUT2D eigenvalue weighted by molar-refractivity contribution is 7.93. The van der Waals surface area contributed by atoms with E-state index in [2.05, 4.69) is 10.0 Å². The average Bonchev–Trinajstić information content (AvgIpc) is 2.49. The molecule has 2 N–H and O–H groups in total.